The molecule has 0 aliphatic rings. The number of amides is 1. The molecule has 0 aliphatic heterocycles. The number of methoxy groups -OCH3 is 3. The fraction of sp³-hybridized carbons (Fsp3) is 0.381. The molecule has 0 fully saturated rings. The fourth-order valence-corrected chi connectivity index (χ4v) is 2.91. The highest BCUT2D eigenvalue weighted by Crippen LogP contribution is 2.39. The Morgan fingerprint density at radius 3 is 2.26 bits per heavy atom. The van der Waals surface area contributed by atoms with E-state index < -0.39 is 0 Å². The molecular weight excluding hydrogens is 344 g/mol. The first-order valence-corrected chi connectivity index (χ1v) is 8.96. The van der Waals surface area contributed by atoms with Crippen LogP contribution in [0.3, 0.4) is 0 Å². The summed E-state index contributed by atoms with van der Waals surface area (Å²) in [6, 6.07) is 9.68. The second-order valence-electron chi connectivity index (χ2n) is 6.10. The first kappa shape index (κ1) is 20.4. The number of carbonyl (C=O) groups is 1. The minimum Gasteiger partial charge on any atom is -0.493 e. The molecule has 0 heterocycles. The number of benzene rings is 2. The minimum atomic E-state index is -0.0288. The summed E-state index contributed by atoms with van der Waals surface area (Å²) in [4.78, 5) is 12.3. The Balaban J connectivity index is 1.99. The number of rotatable bonds is 9. The Morgan fingerprint density at radius 1 is 1.04 bits per heavy atom. The number of para-hydroxylation sites is 1. The summed E-state index contributed by atoms with van der Waals surface area (Å²) < 4.78 is 16.0. The zero-order valence-electron chi connectivity index (χ0n) is 16.6. The molecule has 0 aromatic heterocycles. The van der Waals surface area contributed by atoms with E-state index in [1.54, 1.807) is 21.3 Å². The maximum atomic E-state index is 12.3. The maximum absolute atomic E-state index is 12.3. The normalized spacial score (nSPS) is 10.3. The molecule has 146 valence electrons. The van der Waals surface area contributed by atoms with Crippen LogP contribution in [0.1, 0.15) is 24.5 Å². The third-order valence-electron chi connectivity index (χ3n) is 4.35. The second kappa shape index (κ2) is 9.71. The van der Waals surface area contributed by atoms with E-state index in [-0.39, 0.29) is 5.91 Å². The number of anilines is 2. The molecule has 0 saturated heterocycles. The quantitative estimate of drug-likeness (QED) is 0.696. The van der Waals surface area contributed by atoms with Gasteiger partial charge >= 0.3 is 0 Å². The second-order valence-corrected chi connectivity index (χ2v) is 6.10. The van der Waals surface area contributed by atoms with E-state index in [0.717, 1.165) is 28.9 Å². The van der Waals surface area contributed by atoms with Crippen LogP contribution in [0.4, 0.5) is 11.4 Å². The molecule has 2 aromatic rings. The van der Waals surface area contributed by atoms with E-state index in [0.29, 0.717) is 30.2 Å². The summed E-state index contributed by atoms with van der Waals surface area (Å²) in [5.74, 6) is 1.64. The van der Waals surface area contributed by atoms with Gasteiger partial charge in [-0.05, 0) is 24.5 Å². The van der Waals surface area contributed by atoms with Crippen molar-refractivity contribution in [2.75, 3.05) is 38.5 Å². The smallest absolute Gasteiger partial charge is 0.226 e. The molecule has 0 radical (unpaired) electrons. The molecule has 2 N–H and O–H groups in total. The van der Waals surface area contributed by atoms with Crippen LogP contribution >= 0.6 is 0 Å². The molecule has 0 saturated carbocycles. The van der Waals surface area contributed by atoms with Crippen LogP contribution in [0.15, 0.2) is 30.3 Å². The number of carbonyl (C=O) groups excluding carboxylic acids is 1. The Bertz CT molecular complexity index is 765. The summed E-state index contributed by atoms with van der Waals surface area (Å²) in [7, 11) is 4.71. The van der Waals surface area contributed by atoms with E-state index in [1.165, 1.54) is 0 Å². The Hall–Kier alpha value is -2.89. The highest BCUT2D eigenvalue weighted by atomic mass is 16.5. The van der Waals surface area contributed by atoms with Crippen molar-refractivity contribution in [3.8, 4) is 17.2 Å². The van der Waals surface area contributed by atoms with Gasteiger partial charge in [0.1, 0.15) is 0 Å². The molecule has 2 rings (SSSR count). The molecule has 27 heavy (non-hydrogen) atoms. The van der Waals surface area contributed by atoms with Crippen molar-refractivity contribution in [3.63, 3.8) is 0 Å². The molecule has 0 bridgehead atoms. The largest absolute Gasteiger partial charge is 0.493 e. The van der Waals surface area contributed by atoms with Crippen LogP contribution in [-0.2, 0) is 11.2 Å². The van der Waals surface area contributed by atoms with Gasteiger partial charge in [-0.15, -0.1) is 0 Å². The predicted octanol–water partition coefficient (Wildman–Crippen LogP) is 4.02. The van der Waals surface area contributed by atoms with Gasteiger partial charge in [-0.2, -0.15) is 0 Å². The number of nitrogens with one attached hydrogen (secondary N) is 2. The van der Waals surface area contributed by atoms with Crippen LogP contribution in [0.5, 0.6) is 17.2 Å². The van der Waals surface area contributed by atoms with Crippen molar-refractivity contribution >= 4 is 17.3 Å². The monoisotopic (exact) mass is 372 g/mol. The van der Waals surface area contributed by atoms with Crippen LogP contribution in [0.2, 0.25) is 0 Å². The molecule has 0 unspecified atom stereocenters. The topological polar surface area (TPSA) is 68.8 Å². The van der Waals surface area contributed by atoms with Crippen molar-refractivity contribution in [2.24, 2.45) is 0 Å². The first-order valence-electron chi connectivity index (χ1n) is 8.96. The SMILES string of the molecule is CCc1cccc(C)c1NC(=O)CCNc1cc(OC)c(OC)c(OC)c1. The van der Waals surface area contributed by atoms with Crippen LogP contribution < -0.4 is 24.8 Å². The van der Waals surface area contributed by atoms with E-state index >= 15 is 0 Å². The van der Waals surface area contributed by atoms with Gasteiger partial charge in [0.15, 0.2) is 11.5 Å². The summed E-state index contributed by atoms with van der Waals surface area (Å²) in [6.07, 6.45) is 1.22. The van der Waals surface area contributed by atoms with Gasteiger partial charge in [0.2, 0.25) is 11.7 Å². The van der Waals surface area contributed by atoms with Gasteiger partial charge in [-0.25, -0.2) is 0 Å². The van der Waals surface area contributed by atoms with Gasteiger partial charge in [0, 0.05) is 36.5 Å². The summed E-state index contributed by atoms with van der Waals surface area (Å²) in [5.41, 5.74) is 3.92. The zero-order chi connectivity index (χ0) is 19.8. The number of hydrogen-bond acceptors (Lipinski definition) is 5. The van der Waals surface area contributed by atoms with E-state index in [1.807, 2.05) is 37.3 Å². The van der Waals surface area contributed by atoms with Crippen molar-refractivity contribution in [2.45, 2.75) is 26.7 Å². The van der Waals surface area contributed by atoms with Crippen molar-refractivity contribution in [3.05, 3.63) is 41.5 Å². The van der Waals surface area contributed by atoms with E-state index in [2.05, 4.69) is 17.6 Å². The molecule has 0 atom stereocenters. The lowest BCUT2D eigenvalue weighted by Gasteiger charge is -2.15. The Kier molecular flexibility index (Phi) is 7.34. The van der Waals surface area contributed by atoms with Gasteiger partial charge in [-0.3, -0.25) is 4.79 Å². The molecular formula is C21H28N2O4. The summed E-state index contributed by atoms with van der Waals surface area (Å²) >= 11 is 0. The zero-order valence-corrected chi connectivity index (χ0v) is 16.6. The first-order chi connectivity index (χ1) is 13.0. The molecule has 2 aromatic carbocycles. The molecule has 6 heteroatoms. The summed E-state index contributed by atoms with van der Waals surface area (Å²) in [6.45, 7) is 4.57. The van der Waals surface area contributed by atoms with Crippen molar-refractivity contribution in [1.29, 1.82) is 0 Å². The average Bonchev–Trinajstić information content (AvgIpc) is 2.68. The average molecular weight is 372 g/mol. The molecule has 1 amide bonds. The van der Waals surface area contributed by atoms with Crippen LogP contribution in [0, 0.1) is 6.92 Å². The standard InChI is InChI=1S/C21H28N2O4/c1-6-15-9-7-8-14(2)20(15)23-19(24)10-11-22-16-12-17(25-3)21(27-5)18(13-16)26-4/h7-9,12-13,22H,6,10-11H2,1-5H3,(H,23,24). The Labute approximate surface area is 160 Å². The highest BCUT2D eigenvalue weighted by molar-refractivity contribution is 5.92. The van der Waals surface area contributed by atoms with Gasteiger partial charge in [0.25, 0.3) is 0 Å². The molecule has 0 aliphatic carbocycles. The lowest BCUT2D eigenvalue weighted by atomic mass is 10.1. The number of aryl methyl sites for hydroxylation is 2. The predicted molar refractivity (Wildman–Crippen MR) is 108 cm³/mol. The molecule has 0 spiro atoms. The third-order valence-corrected chi connectivity index (χ3v) is 4.35. The van der Waals surface area contributed by atoms with Crippen LogP contribution in [0.25, 0.3) is 0 Å². The molecule has 6 nitrogen and oxygen atoms in total. The van der Waals surface area contributed by atoms with Crippen LogP contribution in [-0.4, -0.2) is 33.8 Å². The van der Waals surface area contributed by atoms with E-state index in [9.17, 15) is 4.79 Å². The third kappa shape index (κ3) is 5.06. The lowest BCUT2D eigenvalue weighted by molar-refractivity contribution is -0.115. The van der Waals surface area contributed by atoms with Gasteiger partial charge < -0.3 is 24.8 Å². The number of hydrogen-bond donors (Lipinski definition) is 2. The van der Waals surface area contributed by atoms with E-state index in [4.69, 9.17) is 14.2 Å². The number of ether oxygens (including phenoxy) is 3. The fourth-order valence-electron chi connectivity index (χ4n) is 2.91. The lowest BCUT2D eigenvalue weighted by Crippen LogP contribution is -2.18. The van der Waals surface area contributed by atoms with Crippen molar-refractivity contribution in [1.82, 2.24) is 0 Å². The van der Waals surface area contributed by atoms with Gasteiger partial charge in [-0.1, -0.05) is 25.1 Å². The Morgan fingerprint density at radius 2 is 1.70 bits per heavy atom. The minimum absolute atomic E-state index is 0.0288. The van der Waals surface area contributed by atoms with Crippen molar-refractivity contribution < 1.29 is 19.0 Å². The van der Waals surface area contributed by atoms with Gasteiger partial charge in [0.05, 0.1) is 21.3 Å². The summed E-state index contributed by atoms with van der Waals surface area (Å²) in [5, 5.41) is 6.26. The maximum Gasteiger partial charge on any atom is 0.226 e. The highest BCUT2D eigenvalue weighted by Gasteiger charge is 2.13.